The van der Waals surface area contributed by atoms with Crippen molar-refractivity contribution >= 4 is 45.2 Å². The number of fused-ring (bicyclic) bond motifs is 2. The molecule has 0 fully saturated rings. The standard InChI is InChI=1S/C23H17N3O4S/c1-13-15-6-4-5-9-18(15)30-19(13)20(27)25-23-24-12-14(31-23)10-11-26-21(28)16-7-2-3-8-17(16)22(26)29/h2-9,12H,10-11H2,1H3,(H,24,25,27). The van der Waals surface area contributed by atoms with Gasteiger partial charge in [-0.1, -0.05) is 30.3 Å². The first-order chi connectivity index (χ1) is 15.0. The Balaban J connectivity index is 1.25. The van der Waals surface area contributed by atoms with Gasteiger partial charge in [0.25, 0.3) is 17.7 Å². The number of carbonyl (C=O) groups excluding carboxylic acids is 3. The van der Waals surface area contributed by atoms with Crippen LogP contribution in [-0.2, 0) is 6.42 Å². The molecule has 1 aliphatic heterocycles. The second-order valence-corrected chi connectivity index (χ2v) is 8.31. The van der Waals surface area contributed by atoms with Crippen LogP contribution in [0.2, 0.25) is 0 Å². The number of anilines is 1. The SMILES string of the molecule is Cc1c(C(=O)Nc2ncc(CCN3C(=O)c4ccccc4C3=O)s2)oc2ccccc12. The highest BCUT2D eigenvalue weighted by Gasteiger charge is 2.34. The van der Waals surface area contributed by atoms with Gasteiger partial charge in [-0.2, -0.15) is 0 Å². The molecule has 154 valence electrons. The Morgan fingerprint density at radius 2 is 1.74 bits per heavy atom. The van der Waals surface area contributed by atoms with E-state index in [-0.39, 0.29) is 30.0 Å². The third kappa shape index (κ3) is 3.30. The molecule has 2 aromatic heterocycles. The van der Waals surface area contributed by atoms with Crippen molar-refractivity contribution in [2.45, 2.75) is 13.3 Å². The van der Waals surface area contributed by atoms with Crippen molar-refractivity contribution in [3.05, 3.63) is 82.1 Å². The number of benzene rings is 2. The van der Waals surface area contributed by atoms with Gasteiger partial charge >= 0.3 is 0 Å². The predicted octanol–water partition coefficient (Wildman–Crippen LogP) is 4.29. The number of furan rings is 1. The molecule has 8 heteroatoms. The van der Waals surface area contributed by atoms with Gasteiger partial charge in [0.2, 0.25) is 0 Å². The topological polar surface area (TPSA) is 92.5 Å². The van der Waals surface area contributed by atoms with Gasteiger partial charge in [-0.3, -0.25) is 24.6 Å². The smallest absolute Gasteiger partial charge is 0.293 e. The highest BCUT2D eigenvalue weighted by Crippen LogP contribution is 2.27. The monoisotopic (exact) mass is 431 g/mol. The van der Waals surface area contributed by atoms with Crippen LogP contribution in [0.15, 0.2) is 59.1 Å². The Morgan fingerprint density at radius 1 is 1.06 bits per heavy atom. The molecule has 0 atom stereocenters. The number of nitrogens with one attached hydrogen (secondary N) is 1. The Bertz CT molecular complexity index is 1320. The molecule has 5 rings (SSSR count). The Kier molecular flexibility index (Phi) is 4.63. The largest absolute Gasteiger partial charge is 0.451 e. The zero-order valence-electron chi connectivity index (χ0n) is 16.5. The molecule has 0 saturated carbocycles. The maximum Gasteiger partial charge on any atom is 0.293 e. The lowest BCUT2D eigenvalue weighted by Gasteiger charge is -2.12. The first-order valence-corrected chi connectivity index (χ1v) is 10.5. The van der Waals surface area contributed by atoms with Crippen molar-refractivity contribution < 1.29 is 18.8 Å². The van der Waals surface area contributed by atoms with E-state index in [0.29, 0.717) is 28.3 Å². The third-order valence-corrected chi connectivity index (χ3v) is 6.26. The average Bonchev–Trinajstić information content (AvgIpc) is 3.43. The summed E-state index contributed by atoms with van der Waals surface area (Å²) in [7, 11) is 0. The van der Waals surface area contributed by atoms with E-state index in [1.807, 2.05) is 31.2 Å². The Labute approximate surface area is 181 Å². The molecule has 0 radical (unpaired) electrons. The summed E-state index contributed by atoms with van der Waals surface area (Å²) in [6.07, 6.45) is 2.10. The lowest BCUT2D eigenvalue weighted by molar-refractivity contribution is 0.0656. The van der Waals surface area contributed by atoms with Crippen LogP contribution in [0.1, 0.15) is 41.7 Å². The van der Waals surface area contributed by atoms with Gasteiger partial charge in [-0.15, -0.1) is 11.3 Å². The molecular weight excluding hydrogens is 414 g/mol. The molecule has 4 aromatic rings. The van der Waals surface area contributed by atoms with Crippen molar-refractivity contribution in [3.8, 4) is 0 Å². The number of thiazole rings is 1. The zero-order chi connectivity index (χ0) is 21.5. The lowest BCUT2D eigenvalue weighted by atomic mass is 10.1. The Hall–Kier alpha value is -3.78. The van der Waals surface area contributed by atoms with Crippen molar-refractivity contribution in [2.75, 3.05) is 11.9 Å². The van der Waals surface area contributed by atoms with Gasteiger partial charge in [0, 0.05) is 35.0 Å². The van der Waals surface area contributed by atoms with Crippen LogP contribution in [0.3, 0.4) is 0 Å². The summed E-state index contributed by atoms with van der Waals surface area (Å²) in [6.45, 7) is 2.10. The summed E-state index contributed by atoms with van der Waals surface area (Å²) in [6, 6.07) is 14.3. The second kappa shape index (κ2) is 7.48. The number of hydrogen-bond acceptors (Lipinski definition) is 6. The summed E-state index contributed by atoms with van der Waals surface area (Å²) < 4.78 is 5.69. The van der Waals surface area contributed by atoms with Crippen LogP contribution >= 0.6 is 11.3 Å². The average molecular weight is 431 g/mol. The molecule has 3 heterocycles. The van der Waals surface area contributed by atoms with Crippen molar-refractivity contribution in [2.24, 2.45) is 0 Å². The molecule has 1 aliphatic rings. The summed E-state index contributed by atoms with van der Waals surface area (Å²) in [4.78, 5) is 43.9. The fourth-order valence-electron chi connectivity index (χ4n) is 3.69. The number of nitrogens with zero attached hydrogens (tertiary/aromatic N) is 2. The quantitative estimate of drug-likeness (QED) is 0.476. The summed E-state index contributed by atoms with van der Waals surface area (Å²) in [5.41, 5.74) is 2.30. The van der Waals surface area contributed by atoms with E-state index in [2.05, 4.69) is 10.3 Å². The van der Waals surface area contributed by atoms with E-state index in [0.717, 1.165) is 15.8 Å². The highest BCUT2D eigenvalue weighted by molar-refractivity contribution is 7.15. The normalized spacial score (nSPS) is 13.1. The van der Waals surface area contributed by atoms with E-state index in [1.54, 1.807) is 30.5 Å². The van der Waals surface area contributed by atoms with Gasteiger partial charge in [-0.25, -0.2) is 4.98 Å². The second-order valence-electron chi connectivity index (χ2n) is 7.20. The number of imide groups is 1. The molecule has 0 unspecified atom stereocenters. The maximum atomic E-state index is 12.7. The first kappa shape index (κ1) is 19.2. The van der Waals surface area contributed by atoms with Crippen LogP contribution < -0.4 is 5.32 Å². The van der Waals surface area contributed by atoms with E-state index >= 15 is 0 Å². The van der Waals surface area contributed by atoms with E-state index in [1.165, 1.54) is 16.2 Å². The molecule has 3 amide bonds. The molecule has 1 N–H and O–H groups in total. The number of para-hydroxylation sites is 1. The molecule has 0 spiro atoms. The minimum atomic E-state index is -0.366. The molecule has 0 saturated heterocycles. The van der Waals surface area contributed by atoms with Crippen LogP contribution in [0.5, 0.6) is 0 Å². The molecule has 0 bridgehead atoms. The molecular formula is C23H17N3O4S. The summed E-state index contributed by atoms with van der Waals surface area (Å²) in [5.74, 6) is -0.670. The highest BCUT2D eigenvalue weighted by atomic mass is 32.1. The number of hydrogen-bond donors (Lipinski definition) is 1. The van der Waals surface area contributed by atoms with Crippen LogP contribution in [0, 0.1) is 6.92 Å². The van der Waals surface area contributed by atoms with Gasteiger partial charge in [0.15, 0.2) is 10.9 Å². The summed E-state index contributed by atoms with van der Waals surface area (Å²) >= 11 is 1.30. The maximum absolute atomic E-state index is 12.7. The fourth-order valence-corrected chi connectivity index (χ4v) is 4.49. The predicted molar refractivity (Wildman–Crippen MR) is 117 cm³/mol. The minimum absolute atomic E-state index is 0.254. The fraction of sp³-hybridized carbons (Fsp3) is 0.130. The zero-order valence-corrected chi connectivity index (χ0v) is 17.4. The van der Waals surface area contributed by atoms with E-state index < -0.39 is 0 Å². The molecule has 31 heavy (non-hydrogen) atoms. The van der Waals surface area contributed by atoms with Crippen molar-refractivity contribution in [1.29, 1.82) is 0 Å². The van der Waals surface area contributed by atoms with Crippen molar-refractivity contribution in [1.82, 2.24) is 9.88 Å². The van der Waals surface area contributed by atoms with Gasteiger partial charge in [0.05, 0.1) is 11.1 Å². The lowest BCUT2D eigenvalue weighted by Crippen LogP contribution is -2.31. The number of carbonyl (C=O) groups is 3. The van der Waals surface area contributed by atoms with Crippen molar-refractivity contribution in [3.63, 3.8) is 0 Å². The number of aryl methyl sites for hydroxylation is 1. The van der Waals surface area contributed by atoms with Gasteiger partial charge in [0.1, 0.15) is 5.58 Å². The molecule has 2 aromatic carbocycles. The van der Waals surface area contributed by atoms with E-state index in [4.69, 9.17) is 4.42 Å². The number of amides is 3. The number of rotatable bonds is 5. The third-order valence-electron chi connectivity index (χ3n) is 5.28. The summed E-state index contributed by atoms with van der Waals surface area (Å²) in [5, 5.41) is 4.10. The minimum Gasteiger partial charge on any atom is -0.451 e. The molecule has 7 nitrogen and oxygen atoms in total. The molecule has 0 aliphatic carbocycles. The van der Waals surface area contributed by atoms with Crippen LogP contribution in [-0.4, -0.2) is 34.2 Å². The van der Waals surface area contributed by atoms with Crippen LogP contribution in [0.25, 0.3) is 11.0 Å². The van der Waals surface area contributed by atoms with Gasteiger partial charge in [-0.05, 0) is 25.1 Å². The Morgan fingerprint density at radius 3 is 2.45 bits per heavy atom. The van der Waals surface area contributed by atoms with Gasteiger partial charge < -0.3 is 4.42 Å². The van der Waals surface area contributed by atoms with E-state index in [9.17, 15) is 14.4 Å². The first-order valence-electron chi connectivity index (χ1n) is 9.72. The number of aromatic nitrogens is 1. The van der Waals surface area contributed by atoms with Crippen LogP contribution in [0.4, 0.5) is 5.13 Å².